The summed E-state index contributed by atoms with van der Waals surface area (Å²) in [7, 11) is 3.56. The molecular weight excluding hydrogens is 252 g/mol. The summed E-state index contributed by atoms with van der Waals surface area (Å²) in [5, 5.41) is 0. The first-order chi connectivity index (χ1) is 9.70. The SMILES string of the molecule is COc1ccc(N2C(=O)CN(C)c3ccccc32)cc1. The average molecular weight is 268 g/mol. The second kappa shape index (κ2) is 4.89. The number of rotatable bonds is 2. The fraction of sp³-hybridized carbons (Fsp3) is 0.188. The summed E-state index contributed by atoms with van der Waals surface area (Å²) in [6, 6.07) is 15.5. The van der Waals surface area contributed by atoms with Crippen molar-refractivity contribution >= 4 is 23.0 Å². The molecule has 1 heterocycles. The molecule has 2 aromatic rings. The molecule has 0 bridgehead atoms. The summed E-state index contributed by atoms with van der Waals surface area (Å²) in [4.78, 5) is 16.1. The Morgan fingerprint density at radius 1 is 1.00 bits per heavy atom. The van der Waals surface area contributed by atoms with Crippen LogP contribution < -0.4 is 14.5 Å². The van der Waals surface area contributed by atoms with E-state index in [1.165, 1.54) is 0 Å². The van der Waals surface area contributed by atoms with Gasteiger partial charge in [-0.3, -0.25) is 9.69 Å². The summed E-state index contributed by atoms with van der Waals surface area (Å²) in [6.07, 6.45) is 0. The third-order valence-electron chi connectivity index (χ3n) is 3.49. The number of fused-ring (bicyclic) bond motifs is 1. The lowest BCUT2D eigenvalue weighted by Gasteiger charge is -2.35. The molecule has 4 nitrogen and oxygen atoms in total. The number of carbonyl (C=O) groups is 1. The van der Waals surface area contributed by atoms with Crippen LogP contribution in [-0.2, 0) is 4.79 Å². The first-order valence-corrected chi connectivity index (χ1v) is 6.48. The summed E-state index contributed by atoms with van der Waals surface area (Å²) >= 11 is 0. The Hall–Kier alpha value is -2.49. The van der Waals surface area contributed by atoms with Crippen LogP contribution in [0.25, 0.3) is 0 Å². The second-order valence-electron chi connectivity index (χ2n) is 4.77. The van der Waals surface area contributed by atoms with E-state index in [0.717, 1.165) is 22.8 Å². The number of likely N-dealkylation sites (N-methyl/N-ethyl adjacent to an activating group) is 1. The number of carbonyl (C=O) groups excluding carboxylic acids is 1. The molecule has 1 amide bonds. The highest BCUT2D eigenvalue weighted by Gasteiger charge is 2.28. The van der Waals surface area contributed by atoms with Crippen molar-refractivity contribution in [3.05, 3.63) is 48.5 Å². The maximum Gasteiger partial charge on any atom is 0.251 e. The number of hydrogen-bond donors (Lipinski definition) is 0. The second-order valence-corrected chi connectivity index (χ2v) is 4.77. The van der Waals surface area contributed by atoms with Crippen molar-refractivity contribution in [3.8, 4) is 5.75 Å². The number of nitrogens with zero attached hydrogens (tertiary/aromatic N) is 2. The van der Waals surface area contributed by atoms with E-state index in [1.807, 2.05) is 60.5 Å². The van der Waals surface area contributed by atoms with Crippen molar-refractivity contribution in [3.63, 3.8) is 0 Å². The zero-order valence-corrected chi connectivity index (χ0v) is 11.5. The van der Waals surface area contributed by atoms with Crippen LogP contribution in [0.3, 0.4) is 0 Å². The highest BCUT2D eigenvalue weighted by atomic mass is 16.5. The normalized spacial score (nSPS) is 14.2. The van der Waals surface area contributed by atoms with E-state index in [1.54, 1.807) is 12.0 Å². The fourth-order valence-electron chi connectivity index (χ4n) is 2.48. The number of hydrogen-bond acceptors (Lipinski definition) is 3. The monoisotopic (exact) mass is 268 g/mol. The zero-order chi connectivity index (χ0) is 14.1. The van der Waals surface area contributed by atoms with E-state index in [0.29, 0.717) is 6.54 Å². The van der Waals surface area contributed by atoms with Gasteiger partial charge in [0.05, 0.1) is 25.0 Å². The molecule has 0 atom stereocenters. The molecule has 20 heavy (non-hydrogen) atoms. The molecule has 102 valence electrons. The van der Waals surface area contributed by atoms with Crippen molar-refractivity contribution in [2.75, 3.05) is 30.5 Å². The quantitative estimate of drug-likeness (QED) is 0.839. The molecule has 0 spiro atoms. The van der Waals surface area contributed by atoms with Crippen molar-refractivity contribution in [2.45, 2.75) is 0 Å². The first-order valence-electron chi connectivity index (χ1n) is 6.48. The maximum absolute atomic E-state index is 12.4. The fourth-order valence-corrected chi connectivity index (χ4v) is 2.48. The molecule has 1 aliphatic heterocycles. The van der Waals surface area contributed by atoms with Crippen molar-refractivity contribution in [1.29, 1.82) is 0 Å². The number of amides is 1. The van der Waals surface area contributed by atoms with Gasteiger partial charge in [0.15, 0.2) is 0 Å². The largest absolute Gasteiger partial charge is 0.497 e. The molecule has 0 fully saturated rings. The summed E-state index contributed by atoms with van der Waals surface area (Å²) in [6.45, 7) is 0.378. The Morgan fingerprint density at radius 3 is 2.30 bits per heavy atom. The smallest absolute Gasteiger partial charge is 0.251 e. The maximum atomic E-state index is 12.4. The molecule has 4 heteroatoms. The lowest BCUT2D eigenvalue weighted by molar-refractivity contribution is -0.116. The minimum atomic E-state index is 0.0661. The molecule has 0 saturated heterocycles. The van der Waals surface area contributed by atoms with E-state index >= 15 is 0 Å². The molecule has 0 aliphatic carbocycles. The standard InChI is InChI=1S/C16H16N2O2/c1-17-11-16(19)18(15-6-4-3-5-14(15)17)12-7-9-13(20-2)10-8-12/h3-10H,11H2,1-2H3. The van der Waals surface area contributed by atoms with Gasteiger partial charge in [0.2, 0.25) is 0 Å². The Bertz CT molecular complexity index is 637. The predicted molar refractivity (Wildman–Crippen MR) is 79.9 cm³/mol. The molecule has 3 rings (SSSR count). The van der Waals surface area contributed by atoms with Gasteiger partial charge in [-0.05, 0) is 36.4 Å². The van der Waals surface area contributed by atoms with E-state index in [-0.39, 0.29) is 5.91 Å². The minimum absolute atomic E-state index is 0.0661. The summed E-state index contributed by atoms with van der Waals surface area (Å²) in [5.41, 5.74) is 2.83. The van der Waals surface area contributed by atoms with E-state index in [4.69, 9.17) is 4.74 Å². The molecule has 0 aromatic heterocycles. The Kier molecular flexibility index (Phi) is 3.06. The Morgan fingerprint density at radius 2 is 1.65 bits per heavy atom. The summed E-state index contributed by atoms with van der Waals surface area (Å²) < 4.78 is 5.16. The van der Waals surface area contributed by atoms with Gasteiger partial charge in [0, 0.05) is 12.7 Å². The summed E-state index contributed by atoms with van der Waals surface area (Å²) in [5.74, 6) is 0.847. The molecule has 0 radical (unpaired) electrons. The zero-order valence-electron chi connectivity index (χ0n) is 11.5. The molecule has 1 aliphatic rings. The third-order valence-corrected chi connectivity index (χ3v) is 3.49. The van der Waals surface area contributed by atoms with Gasteiger partial charge in [0.1, 0.15) is 5.75 Å². The molecular formula is C16H16N2O2. The van der Waals surface area contributed by atoms with Crippen LogP contribution in [-0.4, -0.2) is 26.6 Å². The first kappa shape index (κ1) is 12.5. The van der Waals surface area contributed by atoms with Gasteiger partial charge in [0.25, 0.3) is 5.91 Å². The van der Waals surface area contributed by atoms with Crippen molar-refractivity contribution in [2.24, 2.45) is 0 Å². The molecule has 0 unspecified atom stereocenters. The lowest BCUT2D eigenvalue weighted by atomic mass is 10.1. The van der Waals surface area contributed by atoms with Crippen LogP contribution in [0.4, 0.5) is 17.1 Å². The molecule has 0 N–H and O–H groups in total. The Labute approximate surface area is 118 Å². The predicted octanol–water partition coefficient (Wildman–Crippen LogP) is 2.81. The van der Waals surface area contributed by atoms with Gasteiger partial charge in [-0.25, -0.2) is 0 Å². The lowest BCUT2D eigenvalue weighted by Crippen LogP contribution is -2.41. The number of para-hydroxylation sites is 2. The number of benzene rings is 2. The van der Waals surface area contributed by atoms with Gasteiger partial charge >= 0.3 is 0 Å². The van der Waals surface area contributed by atoms with Crippen LogP contribution >= 0.6 is 0 Å². The van der Waals surface area contributed by atoms with Gasteiger partial charge < -0.3 is 9.64 Å². The van der Waals surface area contributed by atoms with E-state index in [9.17, 15) is 4.79 Å². The number of ether oxygens (including phenoxy) is 1. The highest BCUT2D eigenvalue weighted by Crippen LogP contribution is 2.37. The van der Waals surface area contributed by atoms with E-state index in [2.05, 4.69) is 0 Å². The minimum Gasteiger partial charge on any atom is -0.497 e. The van der Waals surface area contributed by atoms with E-state index < -0.39 is 0 Å². The number of methoxy groups -OCH3 is 1. The Balaban J connectivity index is 2.07. The van der Waals surface area contributed by atoms with Crippen LogP contribution in [0.15, 0.2) is 48.5 Å². The van der Waals surface area contributed by atoms with Gasteiger partial charge in [-0.1, -0.05) is 12.1 Å². The van der Waals surface area contributed by atoms with Crippen LogP contribution in [0.5, 0.6) is 5.75 Å². The van der Waals surface area contributed by atoms with Gasteiger partial charge in [-0.2, -0.15) is 0 Å². The molecule has 2 aromatic carbocycles. The molecule has 0 saturated carbocycles. The third kappa shape index (κ3) is 1.99. The van der Waals surface area contributed by atoms with Crippen LogP contribution in [0, 0.1) is 0 Å². The highest BCUT2D eigenvalue weighted by molar-refractivity contribution is 6.08. The van der Waals surface area contributed by atoms with Crippen molar-refractivity contribution < 1.29 is 9.53 Å². The van der Waals surface area contributed by atoms with Crippen molar-refractivity contribution in [1.82, 2.24) is 0 Å². The van der Waals surface area contributed by atoms with Gasteiger partial charge in [-0.15, -0.1) is 0 Å². The average Bonchev–Trinajstić information content (AvgIpc) is 2.48. The van der Waals surface area contributed by atoms with Crippen LogP contribution in [0.2, 0.25) is 0 Å². The van der Waals surface area contributed by atoms with Crippen LogP contribution in [0.1, 0.15) is 0 Å². The topological polar surface area (TPSA) is 32.8 Å². The number of anilines is 3.